The fourth-order valence-electron chi connectivity index (χ4n) is 1.78. The van der Waals surface area contributed by atoms with Crippen LogP contribution in [-0.2, 0) is 0 Å². The first-order valence-corrected chi connectivity index (χ1v) is 5.77. The number of anilines is 2. The molecule has 5 nitrogen and oxygen atoms in total. The van der Waals surface area contributed by atoms with Crippen LogP contribution in [-0.4, -0.2) is 33.8 Å². The van der Waals surface area contributed by atoms with E-state index in [4.69, 9.17) is 0 Å². The Labute approximate surface area is 96.3 Å². The zero-order valence-electron chi connectivity index (χ0n) is 10.2. The Morgan fingerprint density at radius 2 is 1.94 bits per heavy atom. The van der Waals surface area contributed by atoms with Crippen LogP contribution in [0.3, 0.4) is 0 Å². The van der Waals surface area contributed by atoms with E-state index < -0.39 is 0 Å². The molecule has 1 N–H and O–H groups in total. The molecule has 0 atom stereocenters. The molecule has 0 radical (unpaired) electrons. The van der Waals surface area contributed by atoms with Crippen molar-refractivity contribution in [3.63, 3.8) is 0 Å². The third kappa shape index (κ3) is 2.81. The molecule has 16 heavy (non-hydrogen) atoms. The summed E-state index contributed by atoms with van der Waals surface area (Å²) in [6, 6.07) is 0. The first-order chi connectivity index (χ1) is 7.54. The van der Waals surface area contributed by atoms with Gasteiger partial charge in [-0.1, -0.05) is 0 Å². The number of nitrogens with zero attached hydrogens (tertiary/aromatic N) is 4. The van der Waals surface area contributed by atoms with Gasteiger partial charge in [-0.25, -0.2) is 0 Å². The summed E-state index contributed by atoms with van der Waals surface area (Å²) in [5, 5.41) is 11.2. The normalized spacial score (nSPS) is 16.6. The average Bonchev–Trinajstić information content (AvgIpc) is 2.68. The summed E-state index contributed by atoms with van der Waals surface area (Å²) in [7, 11) is 0. The highest BCUT2D eigenvalue weighted by Crippen LogP contribution is 2.18. The van der Waals surface area contributed by atoms with Gasteiger partial charge in [0.25, 0.3) is 0 Å². The molecule has 0 bridgehead atoms. The van der Waals surface area contributed by atoms with Crippen LogP contribution in [0.15, 0.2) is 6.20 Å². The molecule has 5 heteroatoms. The Morgan fingerprint density at radius 1 is 1.25 bits per heavy atom. The Bertz CT molecular complexity index is 352. The van der Waals surface area contributed by atoms with Crippen molar-refractivity contribution in [1.82, 2.24) is 15.2 Å². The van der Waals surface area contributed by atoms with Crippen LogP contribution in [0.2, 0.25) is 0 Å². The SMILES string of the molecule is CC(C)(C)Nc1nncc(N2CCCC2)n1. The molecule has 1 aromatic heterocycles. The minimum absolute atomic E-state index is 0.0364. The van der Waals surface area contributed by atoms with E-state index in [1.807, 2.05) is 0 Å². The second kappa shape index (κ2) is 4.23. The van der Waals surface area contributed by atoms with Crippen molar-refractivity contribution < 1.29 is 0 Å². The third-order valence-electron chi connectivity index (χ3n) is 2.46. The van der Waals surface area contributed by atoms with Gasteiger partial charge in [-0.15, -0.1) is 5.10 Å². The van der Waals surface area contributed by atoms with E-state index in [0.29, 0.717) is 5.95 Å². The van der Waals surface area contributed by atoms with Gasteiger partial charge in [0, 0.05) is 18.6 Å². The first kappa shape index (κ1) is 11.1. The zero-order valence-corrected chi connectivity index (χ0v) is 10.2. The predicted molar refractivity (Wildman–Crippen MR) is 64.6 cm³/mol. The maximum absolute atomic E-state index is 4.48. The molecule has 0 saturated carbocycles. The number of hydrogen-bond acceptors (Lipinski definition) is 5. The van der Waals surface area contributed by atoms with Gasteiger partial charge < -0.3 is 10.2 Å². The molecule has 1 aliphatic rings. The summed E-state index contributed by atoms with van der Waals surface area (Å²) >= 11 is 0. The monoisotopic (exact) mass is 221 g/mol. The van der Waals surface area contributed by atoms with Crippen molar-refractivity contribution in [2.75, 3.05) is 23.3 Å². The highest BCUT2D eigenvalue weighted by Gasteiger charge is 2.16. The highest BCUT2D eigenvalue weighted by molar-refractivity contribution is 5.41. The van der Waals surface area contributed by atoms with Gasteiger partial charge in [-0.2, -0.15) is 10.1 Å². The summed E-state index contributed by atoms with van der Waals surface area (Å²) in [6.07, 6.45) is 4.22. The quantitative estimate of drug-likeness (QED) is 0.823. The lowest BCUT2D eigenvalue weighted by Gasteiger charge is -2.21. The fourth-order valence-corrected chi connectivity index (χ4v) is 1.78. The lowest BCUT2D eigenvalue weighted by molar-refractivity contribution is 0.622. The number of nitrogens with one attached hydrogen (secondary N) is 1. The van der Waals surface area contributed by atoms with Crippen LogP contribution in [0.4, 0.5) is 11.8 Å². The molecule has 0 aliphatic carbocycles. The average molecular weight is 221 g/mol. The summed E-state index contributed by atoms with van der Waals surface area (Å²) < 4.78 is 0. The molecule has 0 spiro atoms. The van der Waals surface area contributed by atoms with Crippen LogP contribution < -0.4 is 10.2 Å². The standard InChI is InChI=1S/C11H19N5/c1-11(2,3)14-10-13-9(8-12-15-10)16-6-4-5-7-16/h8H,4-7H2,1-3H3,(H,13,14,15). The Balaban J connectivity index is 2.12. The molecule has 1 saturated heterocycles. The molecule has 1 aromatic rings. The Morgan fingerprint density at radius 3 is 2.56 bits per heavy atom. The number of rotatable bonds is 2. The van der Waals surface area contributed by atoms with Crippen molar-refractivity contribution in [2.45, 2.75) is 39.2 Å². The summed E-state index contributed by atoms with van der Waals surface area (Å²) in [4.78, 5) is 6.73. The summed E-state index contributed by atoms with van der Waals surface area (Å²) in [5.74, 6) is 1.54. The Kier molecular flexibility index (Phi) is 2.94. The summed E-state index contributed by atoms with van der Waals surface area (Å²) in [5.41, 5.74) is -0.0364. The first-order valence-electron chi connectivity index (χ1n) is 5.77. The maximum atomic E-state index is 4.48. The molecule has 2 heterocycles. The van der Waals surface area contributed by atoms with Gasteiger partial charge in [0.2, 0.25) is 5.95 Å². The second-order valence-corrected chi connectivity index (χ2v) is 5.21. The molecule has 1 fully saturated rings. The molecule has 0 aromatic carbocycles. The smallest absolute Gasteiger partial charge is 0.245 e. The maximum Gasteiger partial charge on any atom is 0.245 e. The summed E-state index contributed by atoms with van der Waals surface area (Å²) in [6.45, 7) is 8.40. The van der Waals surface area contributed by atoms with Crippen molar-refractivity contribution in [3.05, 3.63) is 6.20 Å². The zero-order chi connectivity index (χ0) is 11.6. The van der Waals surface area contributed by atoms with E-state index in [-0.39, 0.29) is 5.54 Å². The van der Waals surface area contributed by atoms with Crippen LogP contribution in [0.1, 0.15) is 33.6 Å². The second-order valence-electron chi connectivity index (χ2n) is 5.21. The van der Waals surface area contributed by atoms with Gasteiger partial charge in [0.1, 0.15) is 0 Å². The molecule has 1 aliphatic heterocycles. The van der Waals surface area contributed by atoms with E-state index in [0.717, 1.165) is 18.9 Å². The lowest BCUT2D eigenvalue weighted by atomic mass is 10.1. The topological polar surface area (TPSA) is 53.9 Å². The molecule has 88 valence electrons. The van der Waals surface area contributed by atoms with Crippen LogP contribution >= 0.6 is 0 Å². The predicted octanol–water partition coefficient (Wildman–Crippen LogP) is 1.68. The third-order valence-corrected chi connectivity index (χ3v) is 2.46. The fraction of sp³-hybridized carbons (Fsp3) is 0.727. The van der Waals surface area contributed by atoms with Crippen LogP contribution in [0.25, 0.3) is 0 Å². The van der Waals surface area contributed by atoms with Crippen molar-refractivity contribution in [2.24, 2.45) is 0 Å². The van der Waals surface area contributed by atoms with Gasteiger partial charge in [0.05, 0.1) is 6.20 Å². The van der Waals surface area contributed by atoms with E-state index in [9.17, 15) is 0 Å². The minimum atomic E-state index is -0.0364. The Hall–Kier alpha value is -1.39. The molecular formula is C11H19N5. The van der Waals surface area contributed by atoms with Gasteiger partial charge in [-0.3, -0.25) is 0 Å². The largest absolute Gasteiger partial charge is 0.355 e. The van der Waals surface area contributed by atoms with Gasteiger partial charge in [0.15, 0.2) is 5.82 Å². The molecule has 2 rings (SSSR count). The minimum Gasteiger partial charge on any atom is -0.355 e. The van der Waals surface area contributed by atoms with Gasteiger partial charge >= 0.3 is 0 Å². The number of aromatic nitrogens is 3. The van der Waals surface area contributed by atoms with E-state index in [2.05, 4.69) is 46.2 Å². The lowest BCUT2D eigenvalue weighted by Crippen LogP contribution is -2.28. The number of hydrogen-bond donors (Lipinski definition) is 1. The van der Waals surface area contributed by atoms with Crippen LogP contribution in [0.5, 0.6) is 0 Å². The van der Waals surface area contributed by atoms with E-state index in [1.165, 1.54) is 12.8 Å². The van der Waals surface area contributed by atoms with Gasteiger partial charge in [-0.05, 0) is 33.6 Å². The molecule has 0 amide bonds. The highest BCUT2D eigenvalue weighted by atomic mass is 15.3. The molecule has 0 unspecified atom stereocenters. The molecular weight excluding hydrogens is 202 g/mol. The van der Waals surface area contributed by atoms with Crippen molar-refractivity contribution in [3.8, 4) is 0 Å². The van der Waals surface area contributed by atoms with E-state index in [1.54, 1.807) is 6.20 Å². The van der Waals surface area contributed by atoms with Crippen LogP contribution in [0, 0.1) is 0 Å². The van der Waals surface area contributed by atoms with Crippen molar-refractivity contribution >= 4 is 11.8 Å². The van der Waals surface area contributed by atoms with E-state index >= 15 is 0 Å². The van der Waals surface area contributed by atoms with Crippen molar-refractivity contribution in [1.29, 1.82) is 0 Å².